The van der Waals surface area contributed by atoms with Crippen LogP contribution in [0.2, 0.25) is 0 Å². The van der Waals surface area contributed by atoms with Gasteiger partial charge in [0.15, 0.2) is 0 Å². The Morgan fingerprint density at radius 2 is 2.00 bits per heavy atom. The summed E-state index contributed by atoms with van der Waals surface area (Å²) in [6, 6.07) is 8.66. The fourth-order valence-corrected chi connectivity index (χ4v) is 2.40. The molecule has 3 heteroatoms. The zero-order valence-corrected chi connectivity index (χ0v) is 12.7. The van der Waals surface area contributed by atoms with Gasteiger partial charge in [0.1, 0.15) is 6.10 Å². The van der Waals surface area contributed by atoms with Gasteiger partial charge in [-0.25, -0.2) is 0 Å². The number of amides is 1. The van der Waals surface area contributed by atoms with Gasteiger partial charge in [-0.05, 0) is 35.8 Å². The van der Waals surface area contributed by atoms with Crippen LogP contribution in [-0.2, 0) is 21.4 Å². The third kappa shape index (κ3) is 4.07. The molecular formula is C17H25NO2. The van der Waals surface area contributed by atoms with Gasteiger partial charge in [0, 0.05) is 13.2 Å². The maximum Gasteiger partial charge on any atom is 0.249 e. The van der Waals surface area contributed by atoms with Crippen LogP contribution in [0.1, 0.15) is 44.7 Å². The van der Waals surface area contributed by atoms with Crippen molar-refractivity contribution in [2.45, 2.75) is 51.6 Å². The van der Waals surface area contributed by atoms with E-state index in [4.69, 9.17) is 4.74 Å². The second-order valence-electron chi connectivity index (χ2n) is 6.49. The van der Waals surface area contributed by atoms with E-state index in [0.29, 0.717) is 13.2 Å². The van der Waals surface area contributed by atoms with Crippen molar-refractivity contribution in [3.8, 4) is 0 Å². The fraction of sp³-hybridized carbons (Fsp3) is 0.588. The number of ether oxygens (including phenoxy) is 1. The molecule has 1 aliphatic heterocycles. The highest BCUT2D eigenvalue weighted by Crippen LogP contribution is 2.22. The minimum absolute atomic E-state index is 0.0359. The number of rotatable bonds is 4. The van der Waals surface area contributed by atoms with Crippen LogP contribution in [0, 0.1) is 0 Å². The van der Waals surface area contributed by atoms with Gasteiger partial charge in [0.05, 0.1) is 0 Å². The van der Waals surface area contributed by atoms with Crippen molar-refractivity contribution in [2.75, 3.05) is 13.2 Å². The second kappa shape index (κ2) is 6.40. The highest BCUT2D eigenvalue weighted by Gasteiger charge is 2.22. The van der Waals surface area contributed by atoms with Gasteiger partial charge in [-0.2, -0.15) is 0 Å². The first-order valence-electron chi connectivity index (χ1n) is 7.45. The molecule has 0 aromatic heterocycles. The van der Waals surface area contributed by atoms with Crippen molar-refractivity contribution in [2.24, 2.45) is 0 Å². The highest BCUT2D eigenvalue weighted by molar-refractivity contribution is 5.80. The van der Waals surface area contributed by atoms with Gasteiger partial charge in [-0.3, -0.25) is 4.79 Å². The zero-order valence-electron chi connectivity index (χ0n) is 12.7. The number of benzene rings is 1. The normalized spacial score (nSPS) is 19.1. The molecule has 0 saturated carbocycles. The van der Waals surface area contributed by atoms with Crippen LogP contribution in [0.15, 0.2) is 24.3 Å². The number of hydrogen-bond donors (Lipinski definition) is 1. The zero-order chi connectivity index (χ0) is 14.6. The van der Waals surface area contributed by atoms with Crippen LogP contribution < -0.4 is 5.32 Å². The molecule has 1 atom stereocenters. The second-order valence-corrected chi connectivity index (χ2v) is 6.49. The molecule has 3 nitrogen and oxygen atoms in total. The minimum atomic E-state index is -0.224. The Hall–Kier alpha value is -1.35. The summed E-state index contributed by atoms with van der Waals surface area (Å²) in [5.74, 6) is 0.0359. The Morgan fingerprint density at radius 1 is 1.30 bits per heavy atom. The number of carbonyl (C=O) groups excluding carboxylic acids is 1. The third-order valence-corrected chi connectivity index (χ3v) is 3.75. The molecule has 1 aromatic carbocycles. The molecule has 110 valence electrons. The number of nitrogens with one attached hydrogen (secondary N) is 1. The first-order valence-corrected chi connectivity index (χ1v) is 7.45. The van der Waals surface area contributed by atoms with E-state index in [0.717, 1.165) is 19.3 Å². The average Bonchev–Trinajstić information content (AvgIpc) is 2.92. The summed E-state index contributed by atoms with van der Waals surface area (Å²) in [5.41, 5.74) is 2.78. The predicted molar refractivity (Wildman–Crippen MR) is 80.8 cm³/mol. The Kier molecular flexibility index (Phi) is 4.81. The Labute approximate surface area is 121 Å². The van der Waals surface area contributed by atoms with E-state index in [1.54, 1.807) is 0 Å². The summed E-state index contributed by atoms with van der Waals surface area (Å²) in [6.07, 6.45) is 2.49. The number of carbonyl (C=O) groups is 1. The summed E-state index contributed by atoms with van der Waals surface area (Å²) < 4.78 is 5.36. The largest absolute Gasteiger partial charge is 0.368 e. The van der Waals surface area contributed by atoms with E-state index in [1.165, 1.54) is 11.1 Å². The molecule has 0 radical (unpaired) electrons. The maximum atomic E-state index is 11.8. The van der Waals surface area contributed by atoms with Crippen molar-refractivity contribution in [3.05, 3.63) is 35.4 Å². The van der Waals surface area contributed by atoms with E-state index in [2.05, 4.69) is 50.4 Å². The van der Waals surface area contributed by atoms with Crippen molar-refractivity contribution in [1.29, 1.82) is 0 Å². The molecule has 0 aliphatic carbocycles. The molecule has 1 aromatic rings. The summed E-state index contributed by atoms with van der Waals surface area (Å²) in [6.45, 7) is 8.03. The SMILES string of the molecule is CC(C)(C)c1ccc(CCNC(=O)C2CCCO2)cc1. The highest BCUT2D eigenvalue weighted by atomic mass is 16.5. The van der Waals surface area contributed by atoms with Crippen molar-refractivity contribution in [3.63, 3.8) is 0 Å². The van der Waals surface area contributed by atoms with Crippen LogP contribution in [0.3, 0.4) is 0 Å². The van der Waals surface area contributed by atoms with Crippen LogP contribution in [0.5, 0.6) is 0 Å². The molecular weight excluding hydrogens is 250 g/mol. The monoisotopic (exact) mass is 275 g/mol. The lowest BCUT2D eigenvalue weighted by Crippen LogP contribution is -2.35. The first kappa shape index (κ1) is 15.0. The molecule has 1 fully saturated rings. The molecule has 1 heterocycles. The quantitative estimate of drug-likeness (QED) is 0.917. The fourth-order valence-electron chi connectivity index (χ4n) is 2.40. The van der Waals surface area contributed by atoms with E-state index in [-0.39, 0.29) is 17.4 Å². The standard InChI is InChI=1S/C17H25NO2/c1-17(2,3)14-8-6-13(7-9-14)10-11-18-16(19)15-5-4-12-20-15/h6-9,15H,4-5,10-12H2,1-3H3,(H,18,19). The van der Waals surface area contributed by atoms with Gasteiger partial charge in [0.2, 0.25) is 5.91 Å². The van der Waals surface area contributed by atoms with Gasteiger partial charge >= 0.3 is 0 Å². The Balaban J connectivity index is 1.78. The summed E-state index contributed by atoms with van der Waals surface area (Å²) >= 11 is 0. The molecule has 1 N–H and O–H groups in total. The lowest BCUT2D eigenvalue weighted by molar-refractivity contribution is -0.129. The van der Waals surface area contributed by atoms with E-state index < -0.39 is 0 Å². The minimum Gasteiger partial charge on any atom is -0.368 e. The lowest BCUT2D eigenvalue weighted by atomic mass is 9.86. The molecule has 1 amide bonds. The molecule has 0 spiro atoms. The van der Waals surface area contributed by atoms with Crippen molar-refractivity contribution >= 4 is 5.91 Å². The topological polar surface area (TPSA) is 38.3 Å². The lowest BCUT2D eigenvalue weighted by Gasteiger charge is -2.19. The molecule has 0 bridgehead atoms. The average molecular weight is 275 g/mol. The van der Waals surface area contributed by atoms with Crippen LogP contribution in [0.25, 0.3) is 0 Å². The third-order valence-electron chi connectivity index (χ3n) is 3.75. The van der Waals surface area contributed by atoms with E-state index in [9.17, 15) is 4.79 Å². The van der Waals surface area contributed by atoms with Gasteiger partial charge in [0.25, 0.3) is 0 Å². The molecule has 1 unspecified atom stereocenters. The van der Waals surface area contributed by atoms with Crippen LogP contribution in [0.4, 0.5) is 0 Å². The summed E-state index contributed by atoms with van der Waals surface area (Å²) in [4.78, 5) is 11.8. The van der Waals surface area contributed by atoms with Crippen molar-refractivity contribution < 1.29 is 9.53 Å². The number of hydrogen-bond acceptors (Lipinski definition) is 2. The predicted octanol–water partition coefficient (Wildman–Crippen LogP) is 2.82. The van der Waals surface area contributed by atoms with Gasteiger partial charge in [-0.1, -0.05) is 45.0 Å². The molecule has 20 heavy (non-hydrogen) atoms. The first-order chi connectivity index (χ1) is 9.47. The Morgan fingerprint density at radius 3 is 2.55 bits per heavy atom. The van der Waals surface area contributed by atoms with Crippen LogP contribution in [-0.4, -0.2) is 25.2 Å². The van der Waals surface area contributed by atoms with Crippen LogP contribution >= 0.6 is 0 Å². The molecule has 1 aliphatic rings. The summed E-state index contributed by atoms with van der Waals surface area (Å²) in [5, 5.41) is 2.95. The van der Waals surface area contributed by atoms with Crippen molar-refractivity contribution in [1.82, 2.24) is 5.32 Å². The summed E-state index contributed by atoms with van der Waals surface area (Å²) in [7, 11) is 0. The smallest absolute Gasteiger partial charge is 0.249 e. The van der Waals surface area contributed by atoms with E-state index in [1.807, 2.05) is 0 Å². The molecule has 1 saturated heterocycles. The molecule has 2 rings (SSSR count). The van der Waals surface area contributed by atoms with Gasteiger partial charge < -0.3 is 10.1 Å². The van der Waals surface area contributed by atoms with E-state index >= 15 is 0 Å². The van der Waals surface area contributed by atoms with Gasteiger partial charge in [-0.15, -0.1) is 0 Å². The maximum absolute atomic E-state index is 11.8. The Bertz CT molecular complexity index is 439.